The fraction of sp³-hybridized carbons (Fsp3) is 0.0926. The Hall–Kier alpha value is -6.77. The minimum atomic E-state index is 0.132. The number of furan rings is 1. The van der Waals surface area contributed by atoms with Crippen molar-refractivity contribution < 1.29 is 4.42 Å². The van der Waals surface area contributed by atoms with E-state index in [-0.39, 0.29) is 5.92 Å². The molecule has 9 aromatic carbocycles. The zero-order valence-electron chi connectivity index (χ0n) is 30.9. The van der Waals surface area contributed by atoms with Crippen molar-refractivity contribution in [2.75, 3.05) is 0 Å². The van der Waals surface area contributed by atoms with Gasteiger partial charge < -0.3 is 4.42 Å². The third kappa shape index (κ3) is 4.72. The van der Waals surface area contributed by atoms with Crippen molar-refractivity contribution >= 4 is 70.7 Å². The van der Waals surface area contributed by atoms with Gasteiger partial charge in [-0.15, -0.1) is 0 Å². The lowest BCUT2D eigenvalue weighted by atomic mass is 9.84. The Morgan fingerprint density at radius 2 is 1.16 bits per heavy atom. The highest BCUT2D eigenvalue weighted by Crippen LogP contribution is 2.48. The molecular formula is C54H37NO. The normalized spacial score (nSPS) is 17.5. The van der Waals surface area contributed by atoms with Gasteiger partial charge in [0.15, 0.2) is 0 Å². The van der Waals surface area contributed by atoms with Crippen molar-refractivity contribution in [2.45, 2.75) is 31.6 Å². The van der Waals surface area contributed by atoms with E-state index in [2.05, 4.69) is 164 Å². The first-order chi connectivity index (χ1) is 27.8. The van der Waals surface area contributed by atoms with Gasteiger partial charge in [-0.2, -0.15) is 0 Å². The maximum absolute atomic E-state index is 6.46. The smallest absolute Gasteiger partial charge is 0.136 e. The molecule has 1 aliphatic carbocycles. The molecule has 0 saturated heterocycles. The van der Waals surface area contributed by atoms with E-state index in [0.717, 1.165) is 64.6 Å². The number of hydrogen-bond donors (Lipinski definition) is 0. The molecule has 2 aliphatic rings. The zero-order valence-corrected chi connectivity index (χ0v) is 30.9. The Labute approximate surface area is 325 Å². The second kappa shape index (κ2) is 12.4. The van der Waals surface area contributed by atoms with Crippen LogP contribution in [0.2, 0.25) is 0 Å². The molecule has 1 atom stereocenters. The van der Waals surface area contributed by atoms with E-state index in [1.54, 1.807) is 0 Å². The quantitative estimate of drug-likeness (QED) is 0.164. The van der Waals surface area contributed by atoms with Crippen molar-refractivity contribution in [3.05, 3.63) is 203 Å². The molecule has 0 bridgehead atoms. The van der Waals surface area contributed by atoms with E-state index < -0.39 is 0 Å². The molecule has 1 unspecified atom stereocenters. The zero-order chi connectivity index (χ0) is 36.7. The van der Waals surface area contributed by atoms with Crippen LogP contribution >= 0.6 is 0 Å². The fourth-order valence-corrected chi connectivity index (χ4v) is 10.1. The molecule has 0 N–H and O–H groups in total. The molecule has 10 aromatic rings. The SMILES string of the molecule is C1=C(C2CCc3ccc4c5ccccc5c5ccccc5c4c3-c3ccccc32)\N=C(\c2ccc3c(c2)oc2ccccc23)c2ccc3ccccc3c2CC/1. The summed E-state index contributed by atoms with van der Waals surface area (Å²) in [6, 6.07) is 60.2. The van der Waals surface area contributed by atoms with E-state index >= 15 is 0 Å². The lowest BCUT2D eigenvalue weighted by Crippen LogP contribution is -2.13. The minimum absolute atomic E-state index is 0.132. The highest BCUT2D eigenvalue weighted by Gasteiger charge is 2.29. The van der Waals surface area contributed by atoms with Gasteiger partial charge in [-0.05, 0) is 115 Å². The molecule has 2 heterocycles. The summed E-state index contributed by atoms with van der Waals surface area (Å²) in [5.41, 5.74) is 13.1. The monoisotopic (exact) mass is 715 g/mol. The first-order valence-corrected chi connectivity index (χ1v) is 19.9. The first kappa shape index (κ1) is 31.6. The number of allylic oxidation sites excluding steroid dienone is 2. The van der Waals surface area contributed by atoms with Gasteiger partial charge in [0.25, 0.3) is 0 Å². The number of hydrogen-bond acceptors (Lipinski definition) is 2. The summed E-state index contributed by atoms with van der Waals surface area (Å²) in [6.07, 6.45) is 6.28. The highest BCUT2D eigenvalue weighted by molar-refractivity contribution is 6.29. The van der Waals surface area contributed by atoms with Crippen LogP contribution < -0.4 is 0 Å². The molecule has 2 heteroatoms. The standard InChI is InChI=1S/C54H37NO/c1-2-13-36-33(12-1)24-31-48-37(36)21-11-22-49(55-54(48)35-27-29-44-43-18-9-10-23-50(43)56-51(44)32-35)42-28-25-34-26-30-47-40-16-4-3-14-38(40)39-15-5-8-20-46(39)53(47)52(34)45-19-7-6-17-41(42)45/h1-10,12-20,22-24,26-27,29-32,42H,11,21,25,28H2/b49-22-,55-54-. The van der Waals surface area contributed by atoms with Crippen molar-refractivity contribution in [1.82, 2.24) is 0 Å². The molecule has 2 nitrogen and oxygen atoms in total. The summed E-state index contributed by atoms with van der Waals surface area (Å²) in [5, 5.41) is 12.8. The summed E-state index contributed by atoms with van der Waals surface area (Å²) < 4.78 is 6.46. The molecule has 1 aliphatic heterocycles. The van der Waals surface area contributed by atoms with Crippen LogP contribution in [0, 0.1) is 0 Å². The Bertz CT molecular complexity index is 3290. The van der Waals surface area contributed by atoms with Gasteiger partial charge in [0.05, 0.1) is 5.71 Å². The van der Waals surface area contributed by atoms with Crippen LogP contribution in [0.3, 0.4) is 0 Å². The Morgan fingerprint density at radius 3 is 2.02 bits per heavy atom. The summed E-state index contributed by atoms with van der Waals surface area (Å²) in [4.78, 5) is 5.83. The lowest BCUT2D eigenvalue weighted by Gasteiger charge is -2.23. The second-order valence-corrected chi connectivity index (χ2v) is 15.5. The molecule has 12 rings (SSSR count). The summed E-state index contributed by atoms with van der Waals surface area (Å²) in [6.45, 7) is 0. The van der Waals surface area contributed by atoms with Crippen molar-refractivity contribution in [3.63, 3.8) is 0 Å². The molecule has 0 spiro atoms. The van der Waals surface area contributed by atoms with E-state index in [1.807, 2.05) is 6.07 Å². The summed E-state index contributed by atoms with van der Waals surface area (Å²) in [5.74, 6) is 0.132. The first-order valence-electron chi connectivity index (χ1n) is 19.9. The molecule has 264 valence electrons. The predicted molar refractivity (Wildman–Crippen MR) is 235 cm³/mol. The minimum Gasteiger partial charge on any atom is -0.456 e. The third-order valence-electron chi connectivity index (χ3n) is 12.6. The Balaban J connectivity index is 1.08. The Kier molecular flexibility index (Phi) is 6.98. The van der Waals surface area contributed by atoms with E-state index in [1.165, 1.54) is 76.5 Å². The van der Waals surface area contributed by atoms with E-state index in [4.69, 9.17) is 9.41 Å². The van der Waals surface area contributed by atoms with Crippen LogP contribution in [0.25, 0.3) is 76.2 Å². The lowest BCUT2D eigenvalue weighted by molar-refractivity contribution is 0.669. The maximum atomic E-state index is 6.46. The average molecular weight is 716 g/mol. The van der Waals surface area contributed by atoms with Gasteiger partial charge in [0.2, 0.25) is 0 Å². The summed E-state index contributed by atoms with van der Waals surface area (Å²) in [7, 11) is 0. The van der Waals surface area contributed by atoms with Crippen molar-refractivity contribution in [2.24, 2.45) is 4.99 Å². The van der Waals surface area contributed by atoms with Crippen LogP contribution in [0.5, 0.6) is 0 Å². The van der Waals surface area contributed by atoms with Gasteiger partial charge in [-0.3, -0.25) is 4.99 Å². The van der Waals surface area contributed by atoms with Crippen molar-refractivity contribution in [3.8, 4) is 11.1 Å². The average Bonchev–Trinajstić information content (AvgIpc) is 3.53. The van der Waals surface area contributed by atoms with Gasteiger partial charge in [0.1, 0.15) is 11.2 Å². The molecule has 56 heavy (non-hydrogen) atoms. The number of nitrogens with zero attached hydrogens (tertiary/aromatic N) is 1. The van der Waals surface area contributed by atoms with Crippen LogP contribution in [0.1, 0.15) is 46.6 Å². The largest absolute Gasteiger partial charge is 0.456 e. The maximum Gasteiger partial charge on any atom is 0.136 e. The fourth-order valence-electron chi connectivity index (χ4n) is 10.1. The van der Waals surface area contributed by atoms with Gasteiger partial charge in [0, 0.05) is 33.5 Å². The van der Waals surface area contributed by atoms with Crippen LogP contribution in [-0.2, 0) is 12.8 Å². The highest BCUT2D eigenvalue weighted by atomic mass is 16.3. The van der Waals surface area contributed by atoms with Gasteiger partial charge >= 0.3 is 0 Å². The number of para-hydroxylation sites is 1. The van der Waals surface area contributed by atoms with Crippen LogP contribution in [0.4, 0.5) is 0 Å². The number of aryl methyl sites for hydroxylation is 2. The van der Waals surface area contributed by atoms with E-state index in [0.29, 0.717) is 0 Å². The molecule has 0 fully saturated rings. The van der Waals surface area contributed by atoms with Crippen LogP contribution in [0.15, 0.2) is 185 Å². The third-order valence-corrected chi connectivity index (χ3v) is 12.6. The van der Waals surface area contributed by atoms with Gasteiger partial charge in [-0.1, -0.05) is 152 Å². The predicted octanol–water partition coefficient (Wildman–Crippen LogP) is 14.3. The molecule has 1 aromatic heterocycles. The van der Waals surface area contributed by atoms with E-state index in [9.17, 15) is 0 Å². The number of rotatable bonds is 2. The second-order valence-electron chi connectivity index (χ2n) is 15.5. The molecule has 0 radical (unpaired) electrons. The Morgan fingerprint density at radius 1 is 0.500 bits per heavy atom. The topological polar surface area (TPSA) is 25.5 Å². The van der Waals surface area contributed by atoms with Crippen LogP contribution in [-0.4, -0.2) is 5.71 Å². The van der Waals surface area contributed by atoms with Gasteiger partial charge in [-0.25, -0.2) is 0 Å². The molecular weight excluding hydrogens is 679 g/mol. The van der Waals surface area contributed by atoms with Crippen molar-refractivity contribution in [1.29, 1.82) is 0 Å². The molecule has 0 saturated carbocycles. The molecule has 0 amide bonds. The number of fused-ring (bicyclic) bond motifs is 16. The number of aliphatic imine (C=N–C) groups is 1. The number of benzene rings is 9. The summed E-state index contributed by atoms with van der Waals surface area (Å²) >= 11 is 0.